The van der Waals surface area contributed by atoms with Crippen LogP contribution in [0.5, 0.6) is 5.75 Å². The number of nitrogens with two attached hydrogens (primary N) is 1. The predicted molar refractivity (Wildman–Crippen MR) is 70.0 cm³/mol. The summed E-state index contributed by atoms with van der Waals surface area (Å²) in [6.07, 6.45) is 0. The molecule has 2 N–H and O–H groups in total. The SMILES string of the molecule is CC(COc1ccc([N+](=O)[O-])cc1S(=O)(=O)Cl)C(N)=O. The second-order valence-corrected chi connectivity index (χ2v) is 6.47. The Morgan fingerprint density at radius 3 is 2.60 bits per heavy atom. The summed E-state index contributed by atoms with van der Waals surface area (Å²) in [6.45, 7) is 1.31. The smallest absolute Gasteiger partial charge is 0.271 e. The van der Waals surface area contributed by atoms with Gasteiger partial charge in [-0.2, -0.15) is 0 Å². The molecule has 0 radical (unpaired) electrons. The van der Waals surface area contributed by atoms with Crippen molar-refractivity contribution in [1.82, 2.24) is 0 Å². The van der Waals surface area contributed by atoms with Crippen LogP contribution in [0.4, 0.5) is 5.69 Å². The van der Waals surface area contributed by atoms with Crippen LogP contribution in [0.1, 0.15) is 6.92 Å². The van der Waals surface area contributed by atoms with E-state index in [0.717, 1.165) is 18.2 Å². The fraction of sp³-hybridized carbons (Fsp3) is 0.300. The molecule has 0 bridgehead atoms. The highest BCUT2D eigenvalue weighted by Gasteiger charge is 2.22. The summed E-state index contributed by atoms with van der Waals surface area (Å²) in [5, 5.41) is 10.6. The van der Waals surface area contributed by atoms with E-state index in [0.29, 0.717) is 0 Å². The molecule has 1 amide bonds. The summed E-state index contributed by atoms with van der Waals surface area (Å²) in [5.74, 6) is -1.46. The van der Waals surface area contributed by atoms with E-state index in [4.69, 9.17) is 21.2 Å². The van der Waals surface area contributed by atoms with E-state index in [2.05, 4.69) is 0 Å². The van der Waals surface area contributed by atoms with E-state index in [9.17, 15) is 23.3 Å². The molecule has 110 valence electrons. The number of hydrogen-bond acceptors (Lipinski definition) is 6. The lowest BCUT2D eigenvalue weighted by molar-refractivity contribution is -0.385. The van der Waals surface area contributed by atoms with Gasteiger partial charge in [-0.25, -0.2) is 8.42 Å². The Hall–Kier alpha value is -1.87. The van der Waals surface area contributed by atoms with Crippen LogP contribution in [-0.2, 0) is 13.8 Å². The molecule has 0 spiro atoms. The van der Waals surface area contributed by atoms with Gasteiger partial charge < -0.3 is 10.5 Å². The Balaban J connectivity index is 3.13. The topological polar surface area (TPSA) is 130 Å². The fourth-order valence-corrected chi connectivity index (χ4v) is 2.21. The molecule has 1 aromatic rings. The van der Waals surface area contributed by atoms with Crippen molar-refractivity contribution in [3.05, 3.63) is 28.3 Å². The van der Waals surface area contributed by atoms with Crippen molar-refractivity contribution < 1.29 is 22.9 Å². The minimum absolute atomic E-state index is 0.174. The molecule has 0 aliphatic heterocycles. The first-order valence-electron chi connectivity index (χ1n) is 5.28. The second kappa shape index (κ2) is 6.06. The molecule has 0 aliphatic rings. The maximum atomic E-state index is 11.4. The molecule has 0 saturated carbocycles. The van der Waals surface area contributed by atoms with Gasteiger partial charge in [-0.15, -0.1) is 0 Å². The number of hydrogen-bond donors (Lipinski definition) is 1. The van der Waals surface area contributed by atoms with Gasteiger partial charge in [-0.1, -0.05) is 6.92 Å². The summed E-state index contributed by atoms with van der Waals surface area (Å²) in [4.78, 5) is 20.2. The van der Waals surface area contributed by atoms with Crippen molar-refractivity contribution in [3.8, 4) is 5.75 Å². The van der Waals surface area contributed by atoms with Gasteiger partial charge in [0.1, 0.15) is 10.6 Å². The number of carbonyl (C=O) groups excluding carboxylic acids is 1. The van der Waals surface area contributed by atoms with Gasteiger partial charge in [-0.3, -0.25) is 14.9 Å². The van der Waals surface area contributed by atoms with Gasteiger partial charge in [0, 0.05) is 22.8 Å². The zero-order valence-electron chi connectivity index (χ0n) is 10.3. The zero-order valence-corrected chi connectivity index (χ0v) is 11.8. The average molecular weight is 323 g/mol. The number of halogens is 1. The summed E-state index contributed by atoms with van der Waals surface area (Å²) in [5.41, 5.74) is 4.59. The van der Waals surface area contributed by atoms with Gasteiger partial charge in [0.2, 0.25) is 5.91 Å². The minimum atomic E-state index is -4.23. The third-order valence-electron chi connectivity index (χ3n) is 2.38. The number of carbonyl (C=O) groups is 1. The summed E-state index contributed by atoms with van der Waals surface area (Å²) < 4.78 is 27.9. The Labute approximate surface area is 119 Å². The quantitative estimate of drug-likeness (QED) is 0.473. The van der Waals surface area contributed by atoms with Crippen LogP contribution in [0.15, 0.2) is 23.1 Å². The molecule has 0 aromatic heterocycles. The monoisotopic (exact) mass is 322 g/mol. The number of benzene rings is 1. The van der Waals surface area contributed by atoms with Crippen LogP contribution in [0.3, 0.4) is 0 Å². The molecular formula is C10H11ClN2O6S. The van der Waals surface area contributed by atoms with E-state index in [1.807, 2.05) is 0 Å². The zero-order chi connectivity index (χ0) is 15.5. The van der Waals surface area contributed by atoms with Gasteiger partial charge in [-0.05, 0) is 6.07 Å². The third kappa shape index (κ3) is 4.07. The number of amides is 1. The van der Waals surface area contributed by atoms with Crippen LogP contribution in [0, 0.1) is 16.0 Å². The summed E-state index contributed by atoms with van der Waals surface area (Å²) in [7, 11) is 0.965. The van der Waals surface area contributed by atoms with Gasteiger partial charge in [0.05, 0.1) is 17.4 Å². The predicted octanol–water partition coefficient (Wildman–Crippen LogP) is 1.02. The number of primary amides is 1. The number of rotatable bonds is 6. The number of nitro benzene ring substituents is 1. The minimum Gasteiger partial charge on any atom is -0.491 e. The summed E-state index contributed by atoms with van der Waals surface area (Å²) >= 11 is 0. The first-order valence-corrected chi connectivity index (χ1v) is 7.59. The van der Waals surface area contributed by atoms with Gasteiger partial charge in [0.25, 0.3) is 14.7 Å². The Morgan fingerprint density at radius 2 is 2.15 bits per heavy atom. The second-order valence-electron chi connectivity index (χ2n) is 3.94. The van der Waals surface area contributed by atoms with Gasteiger partial charge in [0.15, 0.2) is 0 Å². The molecule has 1 atom stereocenters. The van der Waals surface area contributed by atoms with Crippen molar-refractivity contribution in [1.29, 1.82) is 0 Å². The van der Waals surface area contributed by atoms with Crippen molar-refractivity contribution in [2.24, 2.45) is 11.7 Å². The maximum absolute atomic E-state index is 11.4. The lowest BCUT2D eigenvalue weighted by Gasteiger charge is -2.12. The fourth-order valence-electron chi connectivity index (χ4n) is 1.22. The van der Waals surface area contributed by atoms with Gasteiger partial charge >= 0.3 is 0 Å². The van der Waals surface area contributed by atoms with E-state index in [1.54, 1.807) is 0 Å². The van der Waals surface area contributed by atoms with Crippen LogP contribution in [0.2, 0.25) is 0 Å². The van der Waals surface area contributed by atoms with Crippen LogP contribution < -0.4 is 10.5 Å². The molecule has 20 heavy (non-hydrogen) atoms. The van der Waals surface area contributed by atoms with Crippen LogP contribution >= 0.6 is 10.7 Å². The van der Waals surface area contributed by atoms with E-state index >= 15 is 0 Å². The van der Waals surface area contributed by atoms with E-state index in [-0.39, 0.29) is 12.4 Å². The molecule has 10 heteroatoms. The Bertz CT molecular complexity index is 645. The lowest BCUT2D eigenvalue weighted by Crippen LogP contribution is -2.26. The highest BCUT2D eigenvalue weighted by atomic mass is 35.7. The summed E-state index contributed by atoms with van der Waals surface area (Å²) in [6, 6.07) is 2.95. The molecule has 1 rings (SSSR count). The first kappa shape index (κ1) is 16.2. The van der Waals surface area contributed by atoms with Crippen molar-refractivity contribution in [2.45, 2.75) is 11.8 Å². The molecule has 1 aromatic carbocycles. The highest BCUT2D eigenvalue weighted by Crippen LogP contribution is 2.31. The largest absolute Gasteiger partial charge is 0.491 e. The van der Waals surface area contributed by atoms with Crippen molar-refractivity contribution in [3.63, 3.8) is 0 Å². The van der Waals surface area contributed by atoms with Crippen molar-refractivity contribution in [2.75, 3.05) is 6.61 Å². The molecule has 0 heterocycles. The highest BCUT2D eigenvalue weighted by molar-refractivity contribution is 8.13. The lowest BCUT2D eigenvalue weighted by atomic mass is 10.2. The Kier molecular flexibility index (Phi) is 4.90. The number of ether oxygens (including phenoxy) is 1. The first-order chi connectivity index (χ1) is 9.12. The van der Waals surface area contributed by atoms with Crippen molar-refractivity contribution >= 4 is 31.3 Å². The molecule has 0 saturated heterocycles. The average Bonchev–Trinajstić information content (AvgIpc) is 2.34. The molecule has 0 aliphatic carbocycles. The molecule has 8 nitrogen and oxygen atoms in total. The molecule has 0 fully saturated rings. The van der Waals surface area contributed by atoms with Crippen LogP contribution in [-0.4, -0.2) is 25.9 Å². The van der Waals surface area contributed by atoms with E-state index < -0.39 is 36.4 Å². The Morgan fingerprint density at radius 1 is 1.55 bits per heavy atom. The normalized spacial score (nSPS) is 12.7. The number of nitro groups is 1. The third-order valence-corrected chi connectivity index (χ3v) is 3.72. The van der Waals surface area contributed by atoms with Crippen LogP contribution in [0.25, 0.3) is 0 Å². The number of non-ortho nitro benzene ring substituents is 1. The molecular weight excluding hydrogens is 312 g/mol. The number of nitrogens with zero attached hydrogens (tertiary/aromatic N) is 1. The molecule has 1 unspecified atom stereocenters. The van der Waals surface area contributed by atoms with E-state index in [1.165, 1.54) is 6.92 Å². The maximum Gasteiger partial charge on any atom is 0.271 e. The standard InChI is InChI=1S/C10H11ClN2O6S/c1-6(10(12)14)5-19-8-3-2-7(13(15)16)4-9(8)20(11,17)18/h2-4,6H,5H2,1H3,(H2,12,14).